The van der Waals surface area contributed by atoms with Crippen molar-refractivity contribution in [2.24, 2.45) is 0 Å². The molecule has 0 N–H and O–H groups in total. The molecule has 2 aromatic heterocycles. The largest absolute Gasteiger partial charge is 0.457 e. The molecule has 8 aromatic rings. The van der Waals surface area contributed by atoms with E-state index in [-0.39, 0.29) is 32.5 Å². The second-order valence-electron chi connectivity index (χ2n) is 25.6. The summed E-state index contributed by atoms with van der Waals surface area (Å²) in [6, 6.07) is 49.6. The van der Waals surface area contributed by atoms with Crippen LogP contribution in [0, 0.1) is 0 Å². The number of nitrogens with zero attached hydrogens (tertiary/aromatic N) is 4. The molecule has 3 heterocycles. The number of anilines is 4. The maximum absolute atomic E-state index is 7.20. The highest BCUT2D eigenvalue weighted by molar-refractivity contribution is 6.09. The highest BCUT2D eigenvalue weighted by Gasteiger charge is 2.36. The summed E-state index contributed by atoms with van der Waals surface area (Å²) in [6.07, 6.45) is 1.94. The van der Waals surface area contributed by atoms with Crippen molar-refractivity contribution < 1.29 is 4.74 Å². The monoisotopic (exact) mass is 929 g/mol. The van der Waals surface area contributed by atoms with Gasteiger partial charge in [0.25, 0.3) is 0 Å². The normalized spacial score (nSPS) is 14.0. The summed E-state index contributed by atoms with van der Waals surface area (Å²) >= 11 is 0. The first kappa shape index (κ1) is 48.7. The minimum Gasteiger partial charge on any atom is -0.457 e. The zero-order valence-corrected chi connectivity index (χ0v) is 45.2. The Labute approximate surface area is 419 Å². The van der Waals surface area contributed by atoms with Gasteiger partial charge in [-0.3, -0.25) is 4.57 Å². The first-order chi connectivity index (χ1) is 32.6. The molecule has 5 heteroatoms. The molecule has 0 spiro atoms. The molecule has 1 aliphatic rings. The van der Waals surface area contributed by atoms with Crippen LogP contribution < -0.4 is 14.5 Å². The van der Waals surface area contributed by atoms with Gasteiger partial charge in [-0.1, -0.05) is 172 Å². The van der Waals surface area contributed by atoms with Crippen molar-refractivity contribution in [3.63, 3.8) is 0 Å². The molecule has 0 saturated carbocycles. The van der Waals surface area contributed by atoms with Gasteiger partial charge in [-0.05, 0) is 133 Å². The third-order valence-electron chi connectivity index (χ3n) is 14.7. The van der Waals surface area contributed by atoms with Gasteiger partial charge in [0.15, 0.2) is 0 Å². The molecule has 0 fully saturated rings. The molecule has 0 saturated heterocycles. The van der Waals surface area contributed by atoms with Gasteiger partial charge in [0.05, 0.1) is 22.4 Å². The SMILES string of the molecule is CC(C)(C)c1cc(N2CN(c3cc(Oc4ccc5c6ccccc6n(-c6cc(C(C)(C)C)ccn6)c5c4)cc(C(C)(C)c4ccccc4)c3)c3cc(C(C)(C)C)c(C(C)(C)C)cc32)cc(C(C)(C)C)c1. The lowest BCUT2D eigenvalue weighted by Crippen LogP contribution is -2.26. The Bertz CT molecular complexity index is 3230. The Hall–Kier alpha value is -6.33. The third-order valence-corrected chi connectivity index (χ3v) is 14.7. The quantitative estimate of drug-likeness (QED) is 0.159. The number of hydrogen-bond acceptors (Lipinski definition) is 4. The molecular weight excluding hydrogens is 853 g/mol. The summed E-state index contributed by atoms with van der Waals surface area (Å²) in [7, 11) is 0. The van der Waals surface area contributed by atoms with E-state index in [0.29, 0.717) is 6.67 Å². The zero-order valence-electron chi connectivity index (χ0n) is 45.2. The molecular formula is C65H76N4O. The lowest BCUT2D eigenvalue weighted by atomic mass is 9.74. The second-order valence-corrected chi connectivity index (χ2v) is 25.6. The number of fused-ring (bicyclic) bond motifs is 4. The van der Waals surface area contributed by atoms with E-state index >= 15 is 0 Å². The fraction of sp³-hybridized carbons (Fsp3) is 0.369. The lowest BCUT2D eigenvalue weighted by Gasteiger charge is -2.32. The average Bonchev–Trinajstić information content (AvgIpc) is 3.83. The number of rotatable bonds is 7. The van der Waals surface area contributed by atoms with Gasteiger partial charge in [-0.25, -0.2) is 4.98 Å². The van der Waals surface area contributed by atoms with E-state index in [0.717, 1.165) is 39.4 Å². The lowest BCUT2D eigenvalue weighted by molar-refractivity contribution is 0.480. The Kier molecular flexibility index (Phi) is 11.8. The van der Waals surface area contributed by atoms with Crippen LogP contribution in [-0.4, -0.2) is 16.2 Å². The highest BCUT2D eigenvalue weighted by Crippen LogP contribution is 2.52. The van der Waals surface area contributed by atoms with E-state index in [9.17, 15) is 0 Å². The van der Waals surface area contributed by atoms with Crippen LogP contribution in [0.15, 0.2) is 140 Å². The van der Waals surface area contributed by atoms with Crippen LogP contribution in [0.1, 0.15) is 157 Å². The van der Waals surface area contributed by atoms with Crippen LogP contribution in [-0.2, 0) is 32.5 Å². The zero-order chi connectivity index (χ0) is 50.5. The van der Waals surface area contributed by atoms with E-state index in [1.807, 2.05) is 6.20 Å². The van der Waals surface area contributed by atoms with Gasteiger partial charge >= 0.3 is 0 Å². The second kappa shape index (κ2) is 16.9. The van der Waals surface area contributed by atoms with Crippen molar-refractivity contribution in [1.82, 2.24) is 9.55 Å². The van der Waals surface area contributed by atoms with Crippen LogP contribution in [0.5, 0.6) is 11.5 Å². The van der Waals surface area contributed by atoms with E-state index < -0.39 is 0 Å². The van der Waals surface area contributed by atoms with Crippen LogP contribution in [0.2, 0.25) is 0 Å². The smallest absolute Gasteiger partial charge is 0.137 e. The Balaban J connectivity index is 1.25. The Morgan fingerprint density at radius 1 is 0.400 bits per heavy atom. The van der Waals surface area contributed by atoms with Gasteiger partial charge < -0.3 is 14.5 Å². The van der Waals surface area contributed by atoms with Gasteiger partial charge in [-0.15, -0.1) is 0 Å². The van der Waals surface area contributed by atoms with Crippen molar-refractivity contribution in [3.8, 4) is 17.3 Å². The predicted octanol–water partition coefficient (Wildman–Crippen LogP) is 18.0. The van der Waals surface area contributed by atoms with Crippen molar-refractivity contribution in [2.75, 3.05) is 16.5 Å². The molecule has 1 aliphatic heterocycles. The number of para-hydroxylation sites is 1. The number of ether oxygens (including phenoxy) is 1. The van der Waals surface area contributed by atoms with Gasteiger partial charge in [0, 0.05) is 45.9 Å². The number of benzene rings is 6. The fourth-order valence-electron chi connectivity index (χ4n) is 10.2. The molecule has 362 valence electrons. The first-order valence-corrected chi connectivity index (χ1v) is 25.4. The molecule has 0 atom stereocenters. The minimum absolute atomic E-state index is 0.0249. The molecule has 70 heavy (non-hydrogen) atoms. The minimum atomic E-state index is -0.340. The number of aromatic nitrogens is 2. The van der Waals surface area contributed by atoms with Crippen molar-refractivity contribution >= 4 is 44.6 Å². The maximum atomic E-state index is 7.20. The Morgan fingerprint density at radius 3 is 1.50 bits per heavy atom. The Morgan fingerprint density at radius 2 is 0.929 bits per heavy atom. The van der Waals surface area contributed by atoms with Gasteiger partial charge in [-0.2, -0.15) is 0 Å². The van der Waals surface area contributed by atoms with E-state index in [1.165, 1.54) is 61.4 Å². The van der Waals surface area contributed by atoms with Gasteiger partial charge in [0.1, 0.15) is 24.0 Å². The maximum Gasteiger partial charge on any atom is 0.137 e. The summed E-state index contributed by atoms with van der Waals surface area (Å²) in [5.41, 5.74) is 15.4. The summed E-state index contributed by atoms with van der Waals surface area (Å²) in [4.78, 5) is 10.1. The van der Waals surface area contributed by atoms with Crippen LogP contribution in [0.25, 0.3) is 27.6 Å². The average molecular weight is 929 g/mol. The van der Waals surface area contributed by atoms with E-state index in [2.05, 4.69) is 266 Å². The topological polar surface area (TPSA) is 33.5 Å². The number of hydrogen-bond donors (Lipinski definition) is 0. The van der Waals surface area contributed by atoms with Crippen molar-refractivity contribution in [3.05, 3.63) is 179 Å². The molecule has 0 radical (unpaired) electrons. The third kappa shape index (κ3) is 9.13. The molecule has 0 aliphatic carbocycles. The van der Waals surface area contributed by atoms with Gasteiger partial charge in [0.2, 0.25) is 0 Å². The van der Waals surface area contributed by atoms with E-state index in [4.69, 9.17) is 9.72 Å². The predicted molar refractivity (Wildman–Crippen MR) is 299 cm³/mol. The molecule has 0 amide bonds. The van der Waals surface area contributed by atoms with Crippen molar-refractivity contribution in [1.29, 1.82) is 0 Å². The molecule has 0 unspecified atom stereocenters. The fourth-order valence-corrected chi connectivity index (χ4v) is 10.2. The van der Waals surface area contributed by atoms with E-state index in [1.54, 1.807) is 0 Å². The molecule has 9 rings (SSSR count). The van der Waals surface area contributed by atoms with Crippen molar-refractivity contribution in [2.45, 2.75) is 150 Å². The molecule has 6 aromatic carbocycles. The summed E-state index contributed by atoms with van der Waals surface area (Å²) in [6.45, 7) is 40.2. The molecule has 5 nitrogen and oxygen atoms in total. The first-order valence-electron chi connectivity index (χ1n) is 25.4. The van der Waals surface area contributed by atoms with Crippen LogP contribution in [0.4, 0.5) is 22.7 Å². The summed E-state index contributed by atoms with van der Waals surface area (Å²) in [5.74, 6) is 2.46. The molecule has 0 bridgehead atoms. The summed E-state index contributed by atoms with van der Waals surface area (Å²) < 4.78 is 9.49. The van der Waals surface area contributed by atoms with Crippen LogP contribution >= 0.6 is 0 Å². The highest BCUT2D eigenvalue weighted by atomic mass is 16.5. The van der Waals surface area contributed by atoms with Crippen LogP contribution in [0.3, 0.4) is 0 Å². The standard InChI is InChI=1S/C65H76N4O/c1-60(2,3)43-29-30-66-59(36-43)69-55-26-22-21-25-51(55)52-28-27-49(38-56(52)69)70-50-35-46(65(16,17)42-23-19-18-20-24-42)34-48(37-50)68-41-67(47-32-44(61(4,5)6)31-45(33-47)62(7,8)9)57-39-53(63(10,11)12)54(40-58(57)68)64(13,14)15/h18-40H,41H2,1-17H3. The summed E-state index contributed by atoms with van der Waals surface area (Å²) in [5, 5.41) is 2.35. The number of pyridine rings is 1.